The van der Waals surface area contributed by atoms with E-state index in [0.717, 1.165) is 17.5 Å². The second-order valence-electron chi connectivity index (χ2n) is 6.49. The van der Waals surface area contributed by atoms with Gasteiger partial charge in [-0.1, -0.05) is 18.2 Å². The average molecular weight is 367 g/mol. The molecule has 132 valence electrons. The van der Waals surface area contributed by atoms with Gasteiger partial charge in [0.2, 0.25) is 0 Å². The van der Waals surface area contributed by atoms with Crippen molar-refractivity contribution in [3.05, 3.63) is 63.9 Å². The number of nitrogens with zero attached hydrogens (tertiary/aromatic N) is 3. The van der Waals surface area contributed by atoms with Gasteiger partial charge in [-0.05, 0) is 34.7 Å². The Kier molecular flexibility index (Phi) is 4.16. The van der Waals surface area contributed by atoms with Crippen molar-refractivity contribution < 1.29 is 8.42 Å². The second-order valence-corrected chi connectivity index (χ2v) is 7.47. The first kappa shape index (κ1) is 16.7. The van der Waals surface area contributed by atoms with E-state index in [9.17, 15) is 13.2 Å². The van der Waals surface area contributed by atoms with Crippen LogP contribution in [0.15, 0.2) is 52.5 Å². The van der Waals surface area contributed by atoms with Crippen molar-refractivity contribution in [1.82, 2.24) is 9.99 Å². The van der Waals surface area contributed by atoms with Crippen LogP contribution in [0, 0.1) is 0 Å². The number of pyridine rings is 1. The number of likely N-dealkylation sites (N-methyl/N-ethyl adjacent to an activating group) is 1. The number of fused-ring (bicyclic) bond motifs is 2. The van der Waals surface area contributed by atoms with E-state index in [-0.39, 0.29) is 17.1 Å². The highest BCUT2D eigenvalue weighted by atomic mass is 32.2. The molecule has 2 heterocycles. The SMILES string of the molecule is CN1CC(c2cnc3ccc4ccc(C[SH](=O)=O)cc4c(=O)c3c2)C=N1. The van der Waals surface area contributed by atoms with Crippen LogP contribution in [0.5, 0.6) is 0 Å². The molecule has 1 atom stereocenters. The fraction of sp³-hybridized carbons (Fsp3) is 0.211. The summed E-state index contributed by atoms with van der Waals surface area (Å²) in [6, 6.07) is 10.7. The van der Waals surface area contributed by atoms with Gasteiger partial charge < -0.3 is 0 Å². The minimum absolute atomic E-state index is 0.0738. The molecule has 4 rings (SSSR count). The van der Waals surface area contributed by atoms with Gasteiger partial charge in [-0.25, -0.2) is 8.42 Å². The van der Waals surface area contributed by atoms with Crippen LogP contribution in [0.4, 0.5) is 0 Å². The summed E-state index contributed by atoms with van der Waals surface area (Å²) in [5.74, 6) is 0.0310. The Morgan fingerprint density at radius 3 is 2.69 bits per heavy atom. The van der Waals surface area contributed by atoms with Crippen molar-refractivity contribution in [2.45, 2.75) is 11.7 Å². The summed E-state index contributed by atoms with van der Waals surface area (Å²) < 4.78 is 22.0. The molecule has 0 saturated carbocycles. The summed E-state index contributed by atoms with van der Waals surface area (Å²) in [5, 5.41) is 7.90. The monoisotopic (exact) mass is 367 g/mol. The number of hydrogen-bond donors (Lipinski definition) is 1. The average Bonchev–Trinajstić information content (AvgIpc) is 3.00. The molecular formula is C19H17N3O3S. The molecule has 1 aliphatic rings. The van der Waals surface area contributed by atoms with E-state index in [1.807, 2.05) is 36.5 Å². The minimum atomic E-state index is -2.54. The summed E-state index contributed by atoms with van der Waals surface area (Å²) in [7, 11) is -0.637. The van der Waals surface area contributed by atoms with Crippen molar-refractivity contribution in [1.29, 1.82) is 0 Å². The summed E-state index contributed by atoms with van der Waals surface area (Å²) >= 11 is 0. The molecule has 2 aromatic carbocycles. The zero-order chi connectivity index (χ0) is 18.3. The number of hydrazone groups is 1. The van der Waals surface area contributed by atoms with Crippen molar-refractivity contribution >= 4 is 38.6 Å². The molecule has 6 nitrogen and oxygen atoms in total. The third-order valence-corrected chi connectivity index (χ3v) is 5.24. The molecule has 7 heteroatoms. The summed E-state index contributed by atoms with van der Waals surface area (Å²) in [5.41, 5.74) is 2.04. The lowest BCUT2D eigenvalue weighted by atomic mass is 10.0. The van der Waals surface area contributed by atoms with Crippen molar-refractivity contribution in [3.63, 3.8) is 0 Å². The molecule has 0 bridgehead atoms. The van der Waals surface area contributed by atoms with E-state index < -0.39 is 10.7 Å². The van der Waals surface area contributed by atoms with Crippen LogP contribution in [0.2, 0.25) is 0 Å². The summed E-state index contributed by atoms with van der Waals surface area (Å²) in [6.45, 7) is 0.752. The Hall–Kier alpha value is -2.80. The van der Waals surface area contributed by atoms with Gasteiger partial charge in [-0.15, -0.1) is 0 Å². The molecule has 1 aromatic heterocycles. The summed E-state index contributed by atoms with van der Waals surface area (Å²) in [6.07, 6.45) is 3.65. The largest absolute Gasteiger partial charge is 0.299 e. The molecule has 1 unspecified atom stereocenters. The lowest BCUT2D eigenvalue weighted by molar-refractivity contribution is 0.381. The van der Waals surface area contributed by atoms with Crippen molar-refractivity contribution in [3.8, 4) is 0 Å². The lowest BCUT2D eigenvalue weighted by Crippen LogP contribution is -2.12. The van der Waals surface area contributed by atoms with Gasteiger partial charge in [0, 0.05) is 42.7 Å². The van der Waals surface area contributed by atoms with E-state index in [0.29, 0.717) is 21.9 Å². The van der Waals surface area contributed by atoms with Crippen LogP contribution in [0.25, 0.3) is 21.7 Å². The Labute approximate surface area is 151 Å². The van der Waals surface area contributed by atoms with Crippen LogP contribution in [-0.2, 0) is 16.5 Å². The molecule has 0 fully saturated rings. The first-order chi connectivity index (χ1) is 12.5. The Morgan fingerprint density at radius 1 is 1.15 bits per heavy atom. The van der Waals surface area contributed by atoms with Gasteiger partial charge in [-0.3, -0.25) is 14.8 Å². The van der Waals surface area contributed by atoms with Crippen LogP contribution in [0.3, 0.4) is 0 Å². The Bertz CT molecular complexity index is 1180. The van der Waals surface area contributed by atoms with Gasteiger partial charge in [0.25, 0.3) is 0 Å². The molecule has 0 radical (unpaired) electrons. The molecule has 26 heavy (non-hydrogen) atoms. The zero-order valence-corrected chi connectivity index (χ0v) is 15.0. The number of hydrogen-bond acceptors (Lipinski definition) is 6. The minimum Gasteiger partial charge on any atom is -0.299 e. The van der Waals surface area contributed by atoms with Gasteiger partial charge in [-0.2, -0.15) is 5.10 Å². The van der Waals surface area contributed by atoms with Gasteiger partial charge in [0.1, 0.15) is 10.7 Å². The van der Waals surface area contributed by atoms with E-state index in [1.54, 1.807) is 24.4 Å². The zero-order valence-electron chi connectivity index (χ0n) is 14.1. The molecular weight excluding hydrogens is 350 g/mol. The third-order valence-electron chi connectivity index (χ3n) is 4.61. The number of rotatable bonds is 3. The Morgan fingerprint density at radius 2 is 1.96 bits per heavy atom. The topological polar surface area (TPSA) is 79.7 Å². The lowest BCUT2D eigenvalue weighted by Gasteiger charge is -2.10. The number of benzene rings is 1. The normalized spacial score (nSPS) is 16.8. The van der Waals surface area contributed by atoms with E-state index in [4.69, 9.17) is 0 Å². The van der Waals surface area contributed by atoms with Crippen LogP contribution >= 0.6 is 0 Å². The molecule has 3 aromatic rings. The first-order valence-electron chi connectivity index (χ1n) is 8.24. The molecule has 0 saturated heterocycles. The third kappa shape index (κ3) is 3.06. The maximum Gasteiger partial charge on any atom is 0.195 e. The molecule has 1 aliphatic heterocycles. The number of thiol groups is 1. The molecule has 0 aliphatic carbocycles. The molecule has 0 amide bonds. The fourth-order valence-electron chi connectivity index (χ4n) is 3.28. The predicted molar refractivity (Wildman–Crippen MR) is 103 cm³/mol. The molecule has 0 spiro atoms. The number of aromatic nitrogens is 1. The van der Waals surface area contributed by atoms with Crippen LogP contribution in [0.1, 0.15) is 17.0 Å². The van der Waals surface area contributed by atoms with Crippen LogP contribution < -0.4 is 5.43 Å². The maximum absolute atomic E-state index is 13.1. The Balaban J connectivity index is 1.94. The standard InChI is InChI=1S/C19H17N3O3S/c1-22-10-15(9-21-22)14-7-17-18(20-8-14)5-4-13-3-2-12(11-26(24)25)6-16(13)19(17)23/h2-9,15,26H,10-11H2,1H3. The highest BCUT2D eigenvalue weighted by molar-refractivity contribution is 7.71. The highest BCUT2D eigenvalue weighted by Gasteiger charge is 2.18. The second kappa shape index (κ2) is 6.49. The quantitative estimate of drug-likeness (QED) is 0.715. The van der Waals surface area contributed by atoms with E-state index >= 15 is 0 Å². The van der Waals surface area contributed by atoms with Gasteiger partial charge >= 0.3 is 0 Å². The van der Waals surface area contributed by atoms with Gasteiger partial charge in [0.05, 0.1) is 11.3 Å². The van der Waals surface area contributed by atoms with E-state index in [1.165, 1.54) is 0 Å². The summed E-state index contributed by atoms with van der Waals surface area (Å²) in [4.78, 5) is 17.6. The van der Waals surface area contributed by atoms with Crippen molar-refractivity contribution in [2.24, 2.45) is 5.10 Å². The van der Waals surface area contributed by atoms with Crippen molar-refractivity contribution in [2.75, 3.05) is 13.6 Å². The highest BCUT2D eigenvalue weighted by Crippen LogP contribution is 2.22. The fourth-order valence-corrected chi connectivity index (χ4v) is 3.78. The predicted octanol–water partition coefficient (Wildman–Crippen LogP) is 1.87. The smallest absolute Gasteiger partial charge is 0.195 e. The van der Waals surface area contributed by atoms with Crippen LogP contribution in [-0.4, -0.2) is 38.2 Å². The first-order valence-corrected chi connectivity index (χ1v) is 9.60. The molecule has 0 N–H and O–H groups in total. The van der Waals surface area contributed by atoms with E-state index in [2.05, 4.69) is 10.1 Å². The maximum atomic E-state index is 13.1. The van der Waals surface area contributed by atoms with Gasteiger partial charge in [0.15, 0.2) is 5.43 Å².